The lowest BCUT2D eigenvalue weighted by molar-refractivity contribution is 0.0526. The van der Waals surface area contributed by atoms with Crippen LogP contribution in [0.2, 0.25) is 0 Å². The van der Waals surface area contributed by atoms with Crippen molar-refractivity contribution >= 4 is 11.7 Å². The van der Waals surface area contributed by atoms with Gasteiger partial charge in [0.25, 0.3) is 0 Å². The van der Waals surface area contributed by atoms with Crippen molar-refractivity contribution in [3.63, 3.8) is 0 Å². The average Bonchev–Trinajstić information content (AvgIpc) is 3.05. The summed E-state index contributed by atoms with van der Waals surface area (Å²) in [6, 6.07) is 5.25. The number of benzene rings is 1. The van der Waals surface area contributed by atoms with E-state index in [-0.39, 0.29) is 5.97 Å². The van der Waals surface area contributed by atoms with E-state index in [1.165, 1.54) is 19.3 Å². The molecule has 1 aromatic heterocycles. The average molecular weight is 313 g/mol. The summed E-state index contributed by atoms with van der Waals surface area (Å²) in [4.78, 5) is 16.5. The number of carbonyl (C=O) groups is 1. The molecule has 1 fully saturated rings. The smallest absolute Gasteiger partial charge is 0.338 e. The summed E-state index contributed by atoms with van der Waals surface area (Å²) in [5, 5.41) is 0. The van der Waals surface area contributed by atoms with Crippen LogP contribution in [-0.4, -0.2) is 22.1 Å². The largest absolute Gasteiger partial charge is 0.462 e. The van der Waals surface area contributed by atoms with Crippen LogP contribution >= 0.6 is 0 Å². The molecule has 122 valence electrons. The van der Waals surface area contributed by atoms with E-state index in [0.29, 0.717) is 23.8 Å². The van der Waals surface area contributed by atoms with Crippen molar-refractivity contribution in [2.75, 3.05) is 12.3 Å². The lowest BCUT2D eigenvalue weighted by Gasteiger charge is -2.22. The minimum Gasteiger partial charge on any atom is -0.462 e. The van der Waals surface area contributed by atoms with Crippen LogP contribution in [0.15, 0.2) is 30.6 Å². The summed E-state index contributed by atoms with van der Waals surface area (Å²) in [7, 11) is 0. The molecule has 1 saturated carbocycles. The van der Waals surface area contributed by atoms with Gasteiger partial charge in [0.2, 0.25) is 0 Å². The molecule has 0 saturated heterocycles. The van der Waals surface area contributed by atoms with Gasteiger partial charge < -0.3 is 15.0 Å². The Morgan fingerprint density at radius 1 is 1.35 bits per heavy atom. The second-order valence-electron chi connectivity index (χ2n) is 5.98. The SMILES string of the molecule is CCOC(=O)c1ccc(N)c(-n2ccnc2C2CCCCC2)c1. The van der Waals surface area contributed by atoms with E-state index < -0.39 is 0 Å². The zero-order valence-electron chi connectivity index (χ0n) is 13.5. The van der Waals surface area contributed by atoms with E-state index in [0.717, 1.165) is 24.4 Å². The monoisotopic (exact) mass is 313 g/mol. The van der Waals surface area contributed by atoms with Crippen molar-refractivity contribution < 1.29 is 9.53 Å². The molecule has 0 atom stereocenters. The molecule has 1 aromatic carbocycles. The number of ether oxygens (including phenoxy) is 1. The lowest BCUT2D eigenvalue weighted by Crippen LogP contribution is -2.13. The molecule has 2 N–H and O–H groups in total. The normalized spacial score (nSPS) is 15.5. The van der Waals surface area contributed by atoms with Gasteiger partial charge in [-0.15, -0.1) is 0 Å². The minimum absolute atomic E-state index is 0.326. The third-order valence-corrected chi connectivity index (χ3v) is 4.44. The zero-order valence-corrected chi connectivity index (χ0v) is 13.5. The molecule has 0 unspecified atom stereocenters. The number of hydrogen-bond acceptors (Lipinski definition) is 4. The second-order valence-corrected chi connectivity index (χ2v) is 5.98. The number of esters is 1. The van der Waals surface area contributed by atoms with Crippen LogP contribution in [0.1, 0.15) is 61.1 Å². The first-order valence-corrected chi connectivity index (χ1v) is 8.31. The van der Waals surface area contributed by atoms with Gasteiger partial charge in [0.1, 0.15) is 5.82 Å². The summed E-state index contributed by atoms with van der Waals surface area (Å²) >= 11 is 0. The van der Waals surface area contributed by atoms with Gasteiger partial charge in [-0.05, 0) is 38.0 Å². The Kier molecular flexibility index (Phi) is 4.65. The number of anilines is 1. The van der Waals surface area contributed by atoms with Crippen molar-refractivity contribution in [2.45, 2.75) is 44.9 Å². The molecule has 0 amide bonds. The first-order valence-electron chi connectivity index (χ1n) is 8.31. The summed E-state index contributed by atoms with van der Waals surface area (Å²) in [6.45, 7) is 2.16. The molecule has 1 aliphatic rings. The summed E-state index contributed by atoms with van der Waals surface area (Å²) in [5.41, 5.74) is 8.10. The summed E-state index contributed by atoms with van der Waals surface area (Å²) < 4.78 is 7.10. The van der Waals surface area contributed by atoms with E-state index in [2.05, 4.69) is 4.98 Å². The Balaban J connectivity index is 1.97. The Bertz CT molecular complexity index is 687. The Labute approximate surface area is 136 Å². The number of nitrogen functional groups attached to an aromatic ring is 1. The van der Waals surface area contributed by atoms with Gasteiger partial charge in [0, 0.05) is 18.3 Å². The highest BCUT2D eigenvalue weighted by Gasteiger charge is 2.21. The molecular formula is C18H23N3O2. The molecule has 1 heterocycles. The van der Waals surface area contributed by atoms with Gasteiger partial charge in [-0.2, -0.15) is 0 Å². The molecule has 5 heteroatoms. The predicted octanol–water partition coefficient (Wildman–Crippen LogP) is 3.68. The van der Waals surface area contributed by atoms with Crippen LogP contribution in [0.3, 0.4) is 0 Å². The fourth-order valence-electron chi connectivity index (χ4n) is 3.28. The van der Waals surface area contributed by atoms with Crippen molar-refractivity contribution in [3.8, 4) is 5.69 Å². The van der Waals surface area contributed by atoms with E-state index in [1.54, 1.807) is 31.3 Å². The Morgan fingerprint density at radius 3 is 2.87 bits per heavy atom. The van der Waals surface area contributed by atoms with Gasteiger partial charge in [-0.3, -0.25) is 0 Å². The van der Waals surface area contributed by atoms with E-state index in [1.807, 2.05) is 10.8 Å². The highest BCUT2D eigenvalue weighted by Crippen LogP contribution is 2.33. The first kappa shape index (κ1) is 15.6. The quantitative estimate of drug-likeness (QED) is 0.690. The minimum atomic E-state index is -0.326. The van der Waals surface area contributed by atoms with E-state index >= 15 is 0 Å². The number of hydrogen-bond donors (Lipinski definition) is 1. The molecule has 0 aliphatic heterocycles. The number of aromatic nitrogens is 2. The number of rotatable bonds is 4. The number of imidazole rings is 1. The number of nitrogens with two attached hydrogens (primary N) is 1. The van der Waals surface area contributed by atoms with E-state index in [4.69, 9.17) is 10.5 Å². The Hall–Kier alpha value is -2.30. The highest BCUT2D eigenvalue weighted by molar-refractivity contribution is 5.91. The van der Waals surface area contributed by atoms with Gasteiger partial charge in [0.15, 0.2) is 0 Å². The highest BCUT2D eigenvalue weighted by atomic mass is 16.5. The maximum Gasteiger partial charge on any atom is 0.338 e. The number of nitrogens with zero attached hydrogens (tertiary/aromatic N) is 2. The molecule has 5 nitrogen and oxygen atoms in total. The lowest BCUT2D eigenvalue weighted by atomic mass is 9.88. The molecule has 1 aliphatic carbocycles. The van der Waals surface area contributed by atoms with Gasteiger partial charge >= 0.3 is 5.97 Å². The van der Waals surface area contributed by atoms with Crippen LogP contribution in [-0.2, 0) is 4.74 Å². The van der Waals surface area contributed by atoms with Crippen molar-refractivity contribution in [2.24, 2.45) is 0 Å². The van der Waals surface area contributed by atoms with Crippen molar-refractivity contribution in [1.82, 2.24) is 9.55 Å². The molecule has 0 spiro atoms. The maximum atomic E-state index is 12.0. The first-order chi connectivity index (χ1) is 11.2. The van der Waals surface area contributed by atoms with Gasteiger partial charge in [-0.1, -0.05) is 19.3 Å². The third kappa shape index (κ3) is 3.23. The second kappa shape index (κ2) is 6.86. The topological polar surface area (TPSA) is 70.1 Å². The van der Waals surface area contributed by atoms with Gasteiger partial charge in [-0.25, -0.2) is 9.78 Å². The van der Waals surface area contributed by atoms with Crippen LogP contribution < -0.4 is 5.73 Å². The Morgan fingerprint density at radius 2 is 2.13 bits per heavy atom. The fourth-order valence-corrected chi connectivity index (χ4v) is 3.28. The van der Waals surface area contributed by atoms with Crippen LogP contribution in [0.4, 0.5) is 5.69 Å². The summed E-state index contributed by atoms with van der Waals surface area (Å²) in [5.74, 6) is 1.18. The standard InChI is InChI=1S/C18H23N3O2/c1-2-23-18(22)14-8-9-15(19)16(12-14)21-11-10-20-17(21)13-6-4-3-5-7-13/h8-13H,2-7,19H2,1H3. The van der Waals surface area contributed by atoms with Crippen LogP contribution in [0, 0.1) is 0 Å². The van der Waals surface area contributed by atoms with Crippen LogP contribution in [0.5, 0.6) is 0 Å². The van der Waals surface area contributed by atoms with Gasteiger partial charge in [0.05, 0.1) is 23.5 Å². The maximum absolute atomic E-state index is 12.0. The predicted molar refractivity (Wildman–Crippen MR) is 89.8 cm³/mol. The van der Waals surface area contributed by atoms with Crippen LogP contribution in [0.25, 0.3) is 5.69 Å². The molecule has 0 radical (unpaired) electrons. The molecule has 0 bridgehead atoms. The summed E-state index contributed by atoms with van der Waals surface area (Å²) in [6.07, 6.45) is 9.84. The fraction of sp³-hybridized carbons (Fsp3) is 0.444. The number of carbonyl (C=O) groups excluding carboxylic acids is 1. The zero-order chi connectivity index (χ0) is 16.2. The molecule has 23 heavy (non-hydrogen) atoms. The molecule has 2 aromatic rings. The van der Waals surface area contributed by atoms with Crippen molar-refractivity contribution in [3.05, 3.63) is 42.0 Å². The third-order valence-electron chi connectivity index (χ3n) is 4.44. The molecular weight excluding hydrogens is 290 g/mol. The molecule has 3 rings (SSSR count). The van der Waals surface area contributed by atoms with Crippen molar-refractivity contribution in [1.29, 1.82) is 0 Å². The van der Waals surface area contributed by atoms with E-state index in [9.17, 15) is 4.79 Å².